The van der Waals surface area contributed by atoms with Crippen LogP contribution in [0.4, 0.5) is 11.6 Å². The molecule has 0 saturated heterocycles. The zero-order valence-electron chi connectivity index (χ0n) is 15.2. The molecule has 0 atom stereocenters. The number of hydrogen-bond donors (Lipinski definition) is 2. The predicted octanol–water partition coefficient (Wildman–Crippen LogP) is 5.13. The second-order valence-electron chi connectivity index (χ2n) is 6.27. The number of aryl methyl sites for hydroxylation is 1. The number of thiocarbonyl (C=S) groups is 1. The Morgan fingerprint density at radius 2 is 1.74 bits per heavy atom. The second kappa shape index (κ2) is 9.48. The Bertz CT molecular complexity index is 874. The standard InChI is InChI=1S/C20H22ClN5S/c1-2-3-4-15-7-11-18(12-8-15)23-20(27)24-19-22-14-26(25-19)13-16-5-9-17(21)10-6-16/h5-12,14H,2-4,13H2,1H3,(H2,23,24,25,27). The van der Waals surface area contributed by atoms with E-state index in [1.807, 2.05) is 36.4 Å². The van der Waals surface area contributed by atoms with Crippen LogP contribution in [0.1, 0.15) is 30.9 Å². The van der Waals surface area contributed by atoms with Crippen molar-refractivity contribution in [2.45, 2.75) is 32.7 Å². The summed E-state index contributed by atoms with van der Waals surface area (Å²) in [6.07, 6.45) is 5.18. The molecule has 0 unspecified atom stereocenters. The SMILES string of the molecule is CCCCc1ccc(NC(=S)Nc2ncn(Cc3ccc(Cl)cc3)n2)cc1. The van der Waals surface area contributed by atoms with Crippen molar-refractivity contribution in [3.8, 4) is 0 Å². The average molecular weight is 400 g/mol. The number of hydrogen-bond acceptors (Lipinski definition) is 3. The Morgan fingerprint density at radius 3 is 2.44 bits per heavy atom. The molecular weight excluding hydrogens is 378 g/mol. The lowest BCUT2D eigenvalue weighted by Crippen LogP contribution is -2.20. The van der Waals surface area contributed by atoms with Crippen molar-refractivity contribution in [3.05, 3.63) is 71.0 Å². The minimum atomic E-state index is 0.459. The molecule has 0 radical (unpaired) electrons. The summed E-state index contributed by atoms with van der Waals surface area (Å²) in [4.78, 5) is 4.25. The third kappa shape index (κ3) is 6.05. The van der Waals surface area contributed by atoms with Crippen molar-refractivity contribution in [3.63, 3.8) is 0 Å². The monoisotopic (exact) mass is 399 g/mol. The summed E-state index contributed by atoms with van der Waals surface area (Å²) >= 11 is 11.3. The highest BCUT2D eigenvalue weighted by molar-refractivity contribution is 7.80. The summed E-state index contributed by atoms with van der Waals surface area (Å²) in [6.45, 7) is 2.82. The zero-order valence-corrected chi connectivity index (χ0v) is 16.7. The molecule has 0 saturated carbocycles. The number of unbranched alkanes of at least 4 members (excludes halogenated alkanes) is 1. The van der Waals surface area contributed by atoms with E-state index in [0.717, 1.165) is 22.7 Å². The number of rotatable bonds is 7. The molecule has 0 bridgehead atoms. The molecule has 5 nitrogen and oxygen atoms in total. The van der Waals surface area contributed by atoms with Crippen LogP contribution in [-0.2, 0) is 13.0 Å². The van der Waals surface area contributed by atoms with Gasteiger partial charge in [-0.3, -0.25) is 5.32 Å². The van der Waals surface area contributed by atoms with Crippen LogP contribution in [-0.4, -0.2) is 19.9 Å². The van der Waals surface area contributed by atoms with Gasteiger partial charge in [0, 0.05) is 10.7 Å². The molecule has 1 aromatic heterocycles. The van der Waals surface area contributed by atoms with E-state index in [2.05, 4.69) is 39.8 Å². The van der Waals surface area contributed by atoms with Crippen molar-refractivity contribution in [1.82, 2.24) is 14.8 Å². The van der Waals surface area contributed by atoms with E-state index in [-0.39, 0.29) is 0 Å². The first-order valence-electron chi connectivity index (χ1n) is 8.93. The zero-order chi connectivity index (χ0) is 19.1. The lowest BCUT2D eigenvalue weighted by atomic mass is 10.1. The molecular formula is C20H22ClN5S. The fourth-order valence-electron chi connectivity index (χ4n) is 2.60. The van der Waals surface area contributed by atoms with E-state index < -0.39 is 0 Å². The molecule has 0 fully saturated rings. The first kappa shape index (κ1) is 19.3. The van der Waals surface area contributed by atoms with Gasteiger partial charge >= 0.3 is 0 Å². The molecule has 27 heavy (non-hydrogen) atoms. The van der Waals surface area contributed by atoms with Crippen molar-refractivity contribution < 1.29 is 0 Å². The first-order valence-corrected chi connectivity index (χ1v) is 9.72. The maximum Gasteiger partial charge on any atom is 0.248 e. The van der Waals surface area contributed by atoms with E-state index in [4.69, 9.17) is 23.8 Å². The summed E-state index contributed by atoms with van der Waals surface area (Å²) in [5, 5.41) is 11.7. The van der Waals surface area contributed by atoms with E-state index in [1.54, 1.807) is 11.0 Å². The summed E-state index contributed by atoms with van der Waals surface area (Å²) in [7, 11) is 0. The predicted molar refractivity (Wildman–Crippen MR) is 115 cm³/mol. The van der Waals surface area contributed by atoms with Crippen LogP contribution in [0.5, 0.6) is 0 Å². The van der Waals surface area contributed by atoms with Gasteiger partial charge in [-0.1, -0.05) is 49.2 Å². The Kier molecular flexibility index (Phi) is 6.79. The molecule has 1 heterocycles. The van der Waals surface area contributed by atoms with Crippen LogP contribution >= 0.6 is 23.8 Å². The summed E-state index contributed by atoms with van der Waals surface area (Å²) < 4.78 is 1.75. The summed E-state index contributed by atoms with van der Waals surface area (Å²) in [5.41, 5.74) is 3.37. The first-order chi connectivity index (χ1) is 13.1. The maximum absolute atomic E-state index is 5.91. The van der Waals surface area contributed by atoms with Crippen LogP contribution in [0, 0.1) is 0 Å². The van der Waals surface area contributed by atoms with E-state index in [9.17, 15) is 0 Å². The molecule has 2 aromatic carbocycles. The van der Waals surface area contributed by atoms with Crippen LogP contribution in [0.25, 0.3) is 0 Å². The quantitative estimate of drug-likeness (QED) is 0.539. The second-order valence-corrected chi connectivity index (χ2v) is 7.12. The minimum absolute atomic E-state index is 0.459. The number of nitrogens with zero attached hydrogens (tertiary/aromatic N) is 3. The van der Waals surface area contributed by atoms with Crippen LogP contribution in [0.2, 0.25) is 5.02 Å². The third-order valence-corrected chi connectivity index (χ3v) is 4.51. The fourth-order valence-corrected chi connectivity index (χ4v) is 2.94. The lowest BCUT2D eigenvalue weighted by molar-refractivity contribution is 0.687. The Hall–Kier alpha value is -2.44. The maximum atomic E-state index is 5.91. The van der Waals surface area contributed by atoms with Crippen LogP contribution < -0.4 is 10.6 Å². The van der Waals surface area contributed by atoms with Gasteiger partial charge in [-0.25, -0.2) is 9.67 Å². The van der Waals surface area contributed by atoms with E-state index >= 15 is 0 Å². The number of benzene rings is 2. The molecule has 0 aliphatic heterocycles. The topological polar surface area (TPSA) is 54.8 Å². The smallest absolute Gasteiger partial charge is 0.248 e. The lowest BCUT2D eigenvalue weighted by Gasteiger charge is -2.09. The Morgan fingerprint density at radius 1 is 1.04 bits per heavy atom. The molecule has 0 amide bonds. The molecule has 3 rings (SSSR count). The van der Waals surface area contributed by atoms with Crippen LogP contribution in [0.15, 0.2) is 54.9 Å². The molecule has 3 aromatic rings. The number of anilines is 2. The van der Waals surface area contributed by atoms with Gasteiger partial charge < -0.3 is 5.32 Å². The van der Waals surface area contributed by atoms with Gasteiger partial charge in [0.05, 0.1) is 6.54 Å². The van der Waals surface area contributed by atoms with Gasteiger partial charge in [-0.2, -0.15) is 0 Å². The third-order valence-electron chi connectivity index (χ3n) is 4.05. The highest BCUT2D eigenvalue weighted by atomic mass is 35.5. The average Bonchev–Trinajstić information content (AvgIpc) is 3.09. The number of aromatic nitrogens is 3. The molecule has 0 aliphatic rings. The Balaban J connectivity index is 1.52. The molecule has 0 aliphatic carbocycles. The van der Waals surface area contributed by atoms with Gasteiger partial charge in [0.15, 0.2) is 5.11 Å². The van der Waals surface area contributed by atoms with Crippen molar-refractivity contribution in [1.29, 1.82) is 0 Å². The van der Waals surface area contributed by atoms with E-state index in [1.165, 1.54) is 18.4 Å². The highest BCUT2D eigenvalue weighted by Crippen LogP contribution is 2.13. The van der Waals surface area contributed by atoms with E-state index in [0.29, 0.717) is 17.6 Å². The Labute approximate surface area is 169 Å². The molecule has 0 spiro atoms. The highest BCUT2D eigenvalue weighted by Gasteiger charge is 2.05. The molecule has 140 valence electrons. The largest absolute Gasteiger partial charge is 0.332 e. The number of nitrogens with one attached hydrogen (secondary N) is 2. The minimum Gasteiger partial charge on any atom is -0.332 e. The van der Waals surface area contributed by atoms with Crippen molar-refractivity contribution in [2.24, 2.45) is 0 Å². The van der Waals surface area contributed by atoms with Crippen molar-refractivity contribution in [2.75, 3.05) is 10.6 Å². The van der Waals surface area contributed by atoms with Gasteiger partial charge in [0.1, 0.15) is 6.33 Å². The molecule has 7 heteroatoms. The van der Waals surface area contributed by atoms with Gasteiger partial charge in [0.25, 0.3) is 0 Å². The van der Waals surface area contributed by atoms with Crippen LogP contribution in [0.3, 0.4) is 0 Å². The fraction of sp³-hybridized carbons (Fsp3) is 0.250. The summed E-state index contributed by atoms with van der Waals surface area (Å²) in [5.74, 6) is 0.459. The summed E-state index contributed by atoms with van der Waals surface area (Å²) in [6, 6.07) is 16.0. The normalized spacial score (nSPS) is 10.6. The number of halogens is 1. The van der Waals surface area contributed by atoms with Gasteiger partial charge in [-0.15, -0.1) is 5.10 Å². The molecule has 2 N–H and O–H groups in total. The van der Waals surface area contributed by atoms with Gasteiger partial charge in [-0.05, 0) is 60.5 Å². The van der Waals surface area contributed by atoms with Gasteiger partial charge in [0.2, 0.25) is 5.95 Å². The van der Waals surface area contributed by atoms with Crippen molar-refractivity contribution >= 4 is 40.6 Å².